The van der Waals surface area contributed by atoms with Gasteiger partial charge in [0.1, 0.15) is 9.84 Å². The molecule has 1 saturated heterocycles. The fraction of sp³-hybridized carbons (Fsp3) is 0.357. The number of thiophene rings is 1. The zero-order chi connectivity index (χ0) is 15.0. The molecule has 1 aromatic carbocycles. The molecular formula is C14H16N2O3S2. The van der Waals surface area contributed by atoms with Crippen molar-refractivity contribution < 1.29 is 13.2 Å². The molecule has 0 atom stereocenters. The standard InChI is InChI=1S/C14H16N2O3S2/c15-10-1-2-12-9(7-10)8-13(20-12)14(17)16-11-3-5-21(18,19)6-4-11/h1-2,7-8,11H,3-6,15H2,(H,16,17). The van der Waals surface area contributed by atoms with Crippen molar-refractivity contribution in [2.45, 2.75) is 18.9 Å². The molecule has 3 rings (SSSR count). The highest BCUT2D eigenvalue weighted by Gasteiger charge is 2.25. The van der Waals surface area contributed by atoms with Crippen molar-refractivity contribution in [1.29, 1.82) is 0 Å². The van der Waals surface area contributed by atoms with Gasteiger partial charge in [-0.1, -0.05) is 0 Å². The first-order valence-corrected chi connectivity index (χ1v) is 9.37. The Morgan fingerprint density at radius 1 is 1.24 bits per heavy atom. The molecule has 0 spiro atoms. The molecule has 7 heteroatoms. The summed E-state index contributed by atoms with van der Waals surface area (Å²) >= 11 is 1.42. The molecule has 0 unspecified atom stereocenters. The fourth-order valence-electron chi connectivity index (χ4n) is 2.46. The highest BCUT2D eigenvalue weighted by Crippen LogP contribution is 2.27. The van der Waals surface area contributed by atoms with E-state index in [0.717, 1.165) is 10.1 Å². The first-order chi connectivity index (χ1) is 9.93. The summed E-state index contributed by atoms with van der Waals surface area (Å²) in [7, 11) is -2.90. The Kier molecular flexibility index (Phi) is 3.62. The number of amides is 1. The number of anilines is 1. The largest absolute Gasteiger partial charge is 0.399 e. The third-order valence-electron chi connectivity index (χ3n) is 3.65. The number of hydrogen-bond donors (Lipinski definition) is 2. The highest BCUT2D eigenvalue weighted by molar-refractivity contribution is 7.91. The van der Waals surface area contributed by atoms with E-state index in [0.29, 0.717) is 23.4 Å². The van der Waals surface area contributed by atoms with Gasteiger partial charge in [0.25, 0.3) is 5.91 Å². The van der Waals surface area contributed by atoms with Crippen molar-refractivity contribution in [1.82, 2.24) is 5.32 Å². The van der Waals surface area contributed by atoms with E-state index in [4.69, 9.17) is 5.73 Å². The van der Waals surface area contributed by atoms with Crippen LogP contribution in [0.5, 0.6) is 0 Å². The van der Waals surface area contributed by atoms with Crippen LogP contribution in [0.2, 0.25) is 0 Å². The maximum atomic E-state index is 12.2. The molecule has 0 radical (unpaired) electrons. The Morgan fingerprint density at radius 3 is 2.67 bits per heavy atom. The number of hydrogen-bond acceptors (Lipinski definition) is 5. The lowest BCUT2D eigenvalue weighted by Crippen LogP contribution is -2.40. The molecule has 21 heavy (non-hydrogen) atoms. The molecule has 0 saturated carbocycles. The second-order valence-corrected chi connectivity index (χ2v) is 8.69. The average Bonchev–Trinajstić information content (AvgIpc) is 2.84. The minimum atomic E-state index is -2.90. The number of carbonyl (C=O) groups is 1. The minimum absolute atomic E-state index is 0.0590. The van der Waals surface area contributed by atoms with E-state index in [1.165, 1.54) is 11.3 Å². The highest BCUT2D eigenvalue weighted by atomic mass is 32.2. The number of fused-ring (bicyclic) bond motifs is 1. The van der Waals surface area contributed by atoms with Crippen LogP contribution in [0.4, 0.5) is 5.69 Å². The third-order valence-corrected chi connectivity index (χ3v) is 6.48. The number of rotatable bonds is 2. The minimum Gasteiger partial charge on any atom is -0.399 e. The lowest BCUT2D eigenvalue weighted by Gasteiger charge is -2.22. The average molecular weight is 324 g/mol. The molecule has 1 fully saturated rings. The Balaban J connectivity index is 1.72. The van der Waals surface area contributed by atoms with Gasteiger partial charge in [-0.15, -0.1) is 11.3 Å². The van der Waals surface area contributed by atoms with E-state index in [1.807, 2.05) is 24.3 Å². The number of sulfone groups is 1. The topological polar surface area (TPSA) is 89.3 Å². The third kappa shape index (κ3) is 3.19. The molecule has 1 aliphatic rings. The van der Waals surface area contributed by atoms with Crippen LogP contribution in [-0.4, -0.2) is 31.9 Å². The van der Waals surface area contributed by atoms with Crippen molar-refractivity contribution >= 4 is 42.9 Å². The number of carbonyl (C=O) groups excluding carboxylic acids is 1. The fourth-order valence-corrected chi connectivity index (χ4v) is 4.90. The van der Waals surface area contributed by atoms with Crippen LogP contribution >= 0.6 is 11.3 Å². The van der Waals surface area contributed by atoms with Crippen LogP contribution in [0.15, 0.2) is 24.3 Å². The van der Waals surface area contributed by atoms with Crippen LogP contribution in [-0.2, 0) is 9.84 Å². The van der Waals surface area contributed by atoms with Gasteiger partial charge < -0.3 is 11.1 Å². The summed E-state index contributed by atoms with van der Waals surface area (Å²) in [5, 5.41) is 3.88. The molecule has 2 aromatic rings. The molecule has 1 aromatic heterocycles. The van der Waals surface area contributed by atoms with Crippen molar-refractivity contribution in [3.63, 3.8) is 0 Å². The van der Waals surface area contributed by atoms with Gasteiger partial charge in [0, 0.05) is 16.4 Å². The molecule has 0 bridgehead atoms. The van der Waals surface area contributed by atoms with Crippen molar-refractivity contribution in [3.8, 4) is 0 Å². The maximum Gasteiger partial charge on any atom is 0.261 e. The summed E-state index contributed by atoms with van der Waals surface area (Å²) in [6.07, 6.45) is 0.984. The smallest absolute Gasteiger partial charge is 0.261 e. The molecule has 3 N–H and O–H groups in total. The van der Waals surface area contributed by atoms with Gasteiger partial charge in [0.2, 0.25) is 0 Å². The van der Waals surface area contributed by atoms with Gasteiger partial charge in [-0.25, -0.2) is 8.42 Å². The van der Waals surface area contributed by atoms with Gasteiger partial charge in [-0.2, -0.15) is 0 Å². The Labute approximate surface area is 127 Å². The second kappa shape index (κ2) is 5.31. The maximum absolute atomic E-state index is 12.2. The van der Waals surface area contributed by atoms with Crippen LogP contribution in [0.1, 0.15) is 22.5 Å². The quantitative estimate of drug-likeness (QED) is 0.824. The molecule has 2 heterocycles. The van der Waals surface area contributed by atoms with Crippen molar-refractivity contribution in [2.75, 3.05) is 17.2 Å². The van der Waals surface area contributed by atoms with Crippen LogP contribution < -0.4 is 11.1 Å². The van der Waals surface area contributed by atoms with E-state index < -0.39 is 9.84 Å². The lowest BCUT2D eigenvalue weighted by atomic mass is 10.1. The number of benzene rings is 1. The number of nitrogen functional groups attached to an aromatic ring is 1. The van der Waals surface area contributed by atoms with Crippen molar-refractivity contribution in [3.05, 3.63) is 29.1 Å². The van der Waals surface area contributed by atoms with E-state index in [2.05, 4.69) is 5.32 Å². The number of nitrogens with one attached hydrogen (secondary N) is 1. The van der Waals surface area contributed by atoms with Crippen LogP contribution in [0, 0.1) is 0 Å². The predicted molar refractivity (Wildman–Crippen MR) is 85.4 cm³/mol. The number of nitrogens with two attached hydrogens (primary N) is 1. The SMILES string of the molecule is Nc1ccc2sc(C(=O)NC3CCS(=O)(=O)CC3)cc2c1. The van der Waals surface area contributed by atoms with E-state index in [1.54, 1.807) is 0 Å². The van der Waals surface area contributed by atoms with E-state index >= 15 is 0 Å². The summed E-state index contributed by atoms with van der Waals surface area (Å²) < 4.78 is 23.8. The first kappa shape index (κ1) is 14.3. The summed E-state index contributed by atoms with van der Waals surface area (Å²) in [5.41, 5.74) is 6.40. The summed E-state index contributed by atoms with van der Waals surface area (Å²) in [5.74, 6) is 0.168. The van der Waals surface area contributed by atoms with Crippen molar-refractivity contribution in [2.24, 2.45) is 0 Å². The molecular weight excluding hydrogens is 308 g/mol. The van der Waals surface area contributed by atoms with Gasteiger partial charge in [0.05, 0.1) is 16.4 Å². The Bertz CT molecular complexity index is 782. The Morgan fingerprint density at radius 2 is 1.95 bits per heavy atom. The molecule has 0 aliphatic carbocycles. The zero-order valence-corrected chi connectivity index (χ0v) is 13.0. The summed E-state index contributed by atoms with van der Waals surface area (Å²) in [6, 6.07) is 7.32. The molecule has 112 valence electrons. The molecule has 1 aliphatic heterocycles. The predicted octanol–water partition coefficient (Wildman–Crippen LogP) is 1.79. The van der Waals surface area contributed by atoms with E-state index in [9.17, 15) is 13.2 Å². The summed E-state index contributed by atoms with van der Waals surface area (Å²) in [6.45, 7) is 0. The molecule has 5 nitrogen and oxygen atoms in total. The van der Waals surface area contributed by atoms with Crippen LogP contribution in [0.25, 0.3) is 10.1 Å². The van der Waals surface area contributed by atoms with Gasteiger partial charge >= 0.3 is 0 Å². The lowest BCUT2D eigenvalue weighted by molar-refractivity contribution is 0.0938. The molecule has 1 amide bonds. The van der Waals surface area contributed by atoms with Gasteiger partial charge in [-0.05, 0) is 42.5 Å². The zero-order valence-electron chi connectivity index (χ0n) is 11.3. The van der Waals surface area contributed by atoms with E-state index in [-0.39, 0.29) is 23.5 Å². The summed E-state index contributed by atoms with van der Waals surface area (Å²) in [4.78, 5) is 12.9. The van der Waals surface area contributed by atoms with Crippen LogP contribution in [0.3, 0.4) is 0 Å². The first-order valence-electron chi connectivity index (χ1n) is 6.73. The second-order valence-electron chi connectivity index (χ2n) is 5.31. The van der Waals surface area contributed by atoms with Gasteiger partial charge in [0.15, 0.2) is 0 Å². The monoisotopic (exact) mass is 324 g/mol. The Hall–Kier alpha value is -1.60. The normalized spacial score (nSPS) is 18.7. The van der Waals surface area contributed by atoms with Gasteiger partial charge in [-0.3, -0.25) is 4.79 Å².